The van der Waals surface area contributed by atoms with Gasteiger partial charge in [-0.15, -0.1) is 0 Å². The highest BCUT2D eigenvalue weighted by molar-refractivity contribution is 5.66. The van der Waals surface area contributed by atoms with Crippen molar-refractivity contribution in [1.29, 1.82) is 0 Å². The lowest BCUT2D eigenvalue weighted by Gasteiger charge is -2.06. The summed E-state index contributed by atoms with van der Waals surface area (Å²) in [6, 6.07) is 8.13. The van der Waals surface area contributed by atoms with E-state index in [4.69, 9.17) is 0 Å². The van der Waals surface area contributed by atoms with E-state index in [1.807, 2.05) is 32.2 Å². The van der Waals surface area contributed by atoms with Crippen LogP contribution in [0.5, 0.6) is 0 Å². The van der Waals surface area contributed by atoms with Gasteiger partial charge in [0, 0.05) is 23.1 Å². The van der Waals surface area contributed by atoms with E-state index in [2.05, 4.69) is 28.7 Å². The highest BCUT2D eigenvalue weighted by atomic mass is 14.7. The van der Waals surface area contributed by atoms with Crippen molar-refractivity contribution in [2.24, 2.45) is 0 Å². The first kappa shape index (κ1) is 10.6. The molecule has 0 aliphatic heterocycles. The molecule has 0 saturated carbocycles. The summed E-state index contributed by atoms with van der Waals surface area (Å²) in [5.41, 5.74) is 5.25. The molecule has 80 valence electrons. The monoisotopic (exact) mass is 210 g/mol. The maximum Gasteiger partial charge on any atom is 0.0627 e. The predicted molar refractivity (Wildman–Crippen MR) is 67.0 cm³/mol. The summed E-state index contributed by atoms with van der Waals surface area (Å²) in [5.74, 6) is 0. The average molecular weight is 210 g/mol. The first-order chi connectivity index (χ1) is 7.70. The first-order valence-electron chi connectivity index (χ1n) is 5.24. The van der Waals surface area contributed by atoms with Crippen LogP contribution in [0, 0.1) is 13.8 Å². The molecule has 2 rings (SSSR count). The second-order valence-electron chi connectivity index (χ2n) is 3.76. The van der Waals surface area contributed by atoms with Crippen molar-refractivity contribution in [3.8, 4) is 11.1 Å². The molecular formula is C14H14N2. The van der Waals surface area contributed by atoms with Crippen LogP contribution in [-0.4, -0.2) is 9.97 Å². The third kappa shape index (κ3) is 2.01. The summed E-state index contributed by atoms with van der Waals surface area (Å²) in [4.78, 5) is 8.65. The van der Waals surface area contributed by atoms with Gasteiger partial charge in [0.2, 0.25) is 0 Å². The van der Waals surface area contributed by atoms with Gasteiger partial charge in [-0.2, -0.15) is 0 Å². The van der Waals surface area contributed by atoms with Crippen molar-refractivity contribution in [2.45, 2.75) is 13.8 Å². The van der Waals surface area contributed by atoms with E-state index in [1.54, 1.807) is 6.08 Å². The van der Waals surface area contributed by atoms with Crippen molar-refractivity contribution in [3.63, 3.8) is 0 Å². The van der Waals surface area contributed by atoms with Crippen LogP contribution in [0.1, 0.15) is 17.1 Å². The van der Waals surface area contributed by atoms with Gasteiger partial charge in [-0.1, -0.05) is 12.6 Å². The number of pyridine rings is 2. The zero-order valence-corrected chi connectivity index (χ0v) is 9.57. The Labute approximate surface area is 95.7 Å². The molecule has 2 aromatic heterocycles. The Morgan fingerprint density at radius 3 is 2.62 bits per heavy atom. The Kier molecular flexibility index (Phi) is 2.82. The second kappa shape index (κ2) is 4.27. The lowest BCUT2D eigenvalue weighted by Crippen LogP contribution is -1.91. The van der Waals surface area contributed by atoms with Crippen molar-refractivity contribution in [2.75, 3.05) is 0 Å². The number of rotatable bonds is 2. The molecule has 0 aromatic carbocycles. The van der Waals surface area contributed by atoms with Gasteiger partial charge >= 0.3 is 0 Å². The van der Waals surface area contributed by atoms with Crippen LogP contribution in [0.25, 0.3) is 17.2 Å². The first-order valence-corrected chi connectivity index (χ1v) is 5.24. The van der Waals surface area contributed by atoms with E-state index in [-0.39, 0.29) is 0 Å². The summed E-state index contributed by atoms with van der Waals surface area (Å²) in [6.07, 6.45) is 3.58. The summed E-state index contributed by atoms with van der Waals surface area (Å²) >= 11 is 0. The molecule has 0 saturated heterocycles. The zero-order valence-electron chi connectivity index (χ0n) is 9.57. The van der Waals surface area contributed by atoms with Crippen LogP contribution in [0.3, 0.4) is 0 Å². The van der Waals surface area contributed by atoms with E-state index >= 15 is 0 Å². The molecule has 0 fully saturated rings. The molecule has 2 heterocycles. The van der Waals surface area contributed by atoms with Crippen LogP contribution in [0.15, 0.2) is 37.0 Å². The SMILES string of the molecule is C=Cc1ccc(-c2ccnc(C)c2)c(C)n1. The quantitative estimate of drug-likeness (QED) is 0.759. The summed E-state index contributed by atoms with van der Waals surface area (Å²) in [7, 11) is 0. The van der Waals surface area contributed by atoms with E-state index < -0.39 is 0 Å². The van der Waals surface area contributed by atoms with Crippen LogP contribution >= 0.6 is 0 Å². The molecule has 0 aliphatic rings. The van der Waals surface area contributed by atoms with Gasteiger partial charge in [0.15, 0.2) is 0 Å². The fourth-order valence-electron chi connectivity index (χ4n) is 1.71. The fraction of sp³-hybridized carbons (Fsp3) is 0.143. The van der Waals surface area contributed by atoms with Crippen LogP contribution < -0.4 is 0 Å². The third-order valence-electron chi connectivity index (χ3n) is 2.52. The maximum atomic E-state index is 4.46. The van der Waals surface area contributed by atoms with E-state index in [0.29, 0.717) is 0 Å². The minimum absolute atomic E-state index is 0.909. The number of aryl methyl sites for hydroxylation is 2. The molecule has 0 radical (unpaired) electrons. The summed E-state index contributed by atoms with van der Waals surface area (Å²) in [5, 5.41) is 0. The highest BCUT2D eigenvalue weighted by Crippen LogP contribution is 2.22. The molecule has 0 spiro atoms. The third-order valence-corrected chi connectivity index (χ3v) is 2.52. The summed E-state index contributed by atoms with van der Waals surface area (Å²) < 4.78 is 0. The average Bonchev–Trinajstić information content (AvgIpc) is 2.28. The summed E-state index contributed by atoms with van der Waals surface area (Å²) in [6.45, 7) is 7.72. The minimum atomic E-state index is 0.909. The van der Waals surface area contributed by atoms with Gasteiger partial charge in [0.05, 0.1) is 5.69 Å². The number of hydrogen-bond donors (Lipinski definition) is 0. The Bertz CT molecular complexity index is 530. The van der Waals surface area contributed by atoms with Gasteiger partial charge in [-0.3, -0.25) is 9.97 Å². The van der Waals surface area contributed by atoms with Gasteiger partial charge in [-0.25, -0.2) is 0 Å². The van der Waals surface area contributed by atoms with Gasteiger partial charge in [-0.05, 0) is 43.7 Å². The molecule has 0 bridgehead atoms. The molecule has 0 atom stereocenters. The maximum absolute atomic E-state index is 4.46. The van der Waals surface area contributed by atoms with Crippen molar-refractivity contribution < 1.29 is 0 Å². The Balaban J connectivity index is 2.52. The number of hydrogen-bond acceptors (Lipinski definition) is 2. The molecular weight excluding hydrogens is 196 g/mol. The molecule has 0 aliphatic carbocycles. The smallest absolute Gasteiger partial charge is 0.0627 e. The molecule has 0 unspecified atom stereocenters. The Hall–Kier alpha value is -1.96. The molecule has 2 heteroatoms. The standard InChI is InChI=1S/C14H14N2/c1-4-13-5-6-14(11(3)16-13)12-7-8-15-10(2)9-12/h4-9H,1H2,2-3H3. The van der Waals surface area contributed by atoms with Crippen LogP contribution in [-0.2, 0) is 0 Å². The molecule has 0 amide bonds. The Morgan fingerprint density at radius 2 is 2.00 bits per heavy atom. The van der Waals surface area contributed by atoms with Crippen LogP contribution in [0.2, 0.25) is 0 Å². The second-order valence-corrected chi connectivity index (χ2v) is 3.76. The number of nitrogens with zero attached hydrogens (tertiary/aromatic N) is 2. The van der Waals surface area contributed by atoms with E-state index in [0.717, 1.165) is 28.2 Å². The van der Waals surface area contributed by atoms with Gasteiger partial charge in [0.25, 0.3) is 0 Å². The number of aromatic nitrogens is 2. The molecule has 0 N–H and O–H groups in total. The van der Waals surface area contributed by atoms with Gasteiger partial charge < -0.3 is 0 Å². The lowest BCUT2D eigenvalue weighted by molar-refractivity contribution is 1.17. The fourth-order valence-corrected chi connectivity index (χ4v) is 1.71. The zero-order chi connectivity index (χ0) is 11.5. The minimum Gasteiger partial charge on any atom is -0.262 e. The lowest BCUT2D eigenvalue weighted by atomic mass is 10.0. The van der Waals surface area contributed by atoms with E-state index in [1.165, 1.54) is 0 Å². The predicted octanol–water partition coefficient (Wildman–Crippen LogP) is 3.40. The Morgan fingerprint density at radius 1 is 1.19 bits per heavy atom. The topological polar surface area (TPSA) is 25.8 Å². The normalized spacial score (nSPS) is 10.1. The largest absolute Gasteiger partial charge is 0.262 e. The molecule has 2 aromatic rings. The van der Waals surface area contributed by atoms with E-state index in [9.17, 15) is 0 Å². The highest BCUT2D eigenvalue weighted by Gasteiger charge is 2.03. The molecule has 2 nitrogen and oxygen atoms in total. The van der Waals surface area contributed by atoms with Crippen LogP contribution in [0.4, 0.5) is 0 Å². The van der Waals surface area contributed by atoms with Gasteiger partial charge in [0.1, 0.15) is 0 Å². The van der Waals surface area contributed by atoms with Crippen molar-refractivity contribution >= 4 is 6.08 Å². The van der Waals surface area contributed by atoms with Crippen molar-refractivity contribution in [3.05, 3.63) is 54.1 Å². The van der Waals surface area contributed by atoms with Crippen molar-refractivity contribution in [1.82, 2.24) is 9.97 Å². The molecule has 16 heavy (non-hydrogen) atoms.